The van der Waals surface area contributed by atoms with E-state index in [9.17, 15) is 17.6 Å². The normalized spacial score (nSPS) is 15.2. The van der Waals surface area contributed by atoms with Crippen LogP contribution in [0.4, 0.5) is 17.6 Å². The molecule has 0 fully saturated rings. The zero-order valence-electron chi connectivity index (χ0n) is 12.0. The average Bonchev–Trinajstić information content (AvgIpc) is 2.35. The molecule has 0 bridgehead atoms. The molecule has 0 aromatic heterocycles. The maximum atomic E-state index is 13.2. The van der Waals surface area contributed by atoms with Gasteiger partial charge in [0.1, 0.15) is 5.82 Å². The van der Waals surface area contributed by atoms with Crippen LogP contribution in [0, 0.1) is 5.82 Å². The smallest absolute Gasteiger partial charge is 0.314 e. The lowest BCUT2D eigenvalue weighted by Gasteiger charge is -2.20. The third kappa shape index (κ3) is 4.78. The Balaban J connectivity index is 2.81. The van der Waals surface area contributed by atoms with Crippen LogP contribution >= 0.6 is 0 Å². The van der Waals surface area contributed by atoms with Gasteiger partial charge in [0.2, 0.25) is 0 Å². The van der Waals surface area contributed by atoms with Crippen LogP contribution < -0.4 is 5.32 Å². The molecule has 2 atom stereocenters. The number of benzene rings is 1. The fourth-order valence-corrected chi connectivity index (χ4v) is 2.21. The topological polar surface area (TPSA) is 12.0 Å². The maximum Gasteiger partial charge on any atom is 0.419 e. The molecule has 1 rings (SSSR count). The summed E-state index contributed by atoms with van der Waals surface area (Å²) in [5, 5.41) is 3.29. The summed E-state index contributed by atoms with van der Waals surface area (Å²) in [7, 11) is 0. The van der Waals surface area contributed by atoms with Crippen molar-refractivity contribution in [2.75, 3.05) is 6.54 Å². The van der Waals surface area contributed by atoms with E-state index in [-0.39, 0.29) is 12.0 Å². The van der Waals surface area contributed by atoms with E-state index in [0.29, 0.717) is 12.0 Å². The molecular weight excluding hydrogens is 270 g/mol. The van der Waals surface area contributed by atoms with Gasteiger partial charge in [0.15, 0.2) is 0 Å². The molecule has 114 valence electrons. The number of rotatable bonds is 6. The Kier molecular flexibility index (Phi) is 5.99. The summed E-state index contributed by atoms with van der Waals surface area (Å²) in [4.78, 5) is 0. The number of halogens is 4. The molecule has 0 aliphatic heterocycles. The Hall–Kier alpha value is -1.10. The molecule has 0 amide bonds. The van der Waals surface area contributed by atoms with E-state index in [1.165, 1.54) is 6.07 Å². The minimum absolute atomic E-state index is 0.0592. The molecule has 0 spiro atoms. The van der Waals surface area contributed by atoms with Gasteiger partial charge in [-0.3, -0.25) is 0 Å². The maximum absolute atomic E-state index is 13.2. The molecule has 0 aliphatic carbocycles. The fourth-order valence-electron chi connectivity index (χ4n) is 2.21. The van der Waals surface area contributed by atoms with E-state index < -0.39 is 17.6 Å². The van der Waals surface area contributed by atoms with Crippen LogP contribution in [0.5, 0.6) is 0 Å². The summed E-state index contributed by atoms with van der Waals surface area (Å²) in [6.45, 7) is 6.79. The Morgan fingerprint density at radius 1 is 1.20 bits per heavy atom. The molecular formula is C15H21F4N. The van der Waals surface area contributed by atoms with Crippen LogP contribution in [-0.4, -0.2) is 12.6 Å². The molecule has 0 aliphatic rings. The first-order valence-electron chi connectivity index (χ1n) is 6.85. The van der Waals surface area contributed by atoms with Gasteiger partial charge in [0.05, 0.1) is 5.56 Å². The second-order valence-corrected chi connectivity index (χ2v) is 5.23. The Morgan fingerprint density at radius 2 is 1.85 bits per heavy atom. The van der Waals surface area contributed by atoms with Gasteiger partial charge in [-0.05, 0) is 49.9 Å². The largest absolute Gasteiger partial charge is 0.419 e. The highest BCUT2D eigenvalue weighted by molar-refractivity contribution is 5.29. The Morgan fingerprint density at radius 3 is 2.40 bits per heavy atom. The summed E-state index contributed by atoms with van der Waals surface area (Å²) in [5.74, 6) is -1.28. The zero-order chi connectivity index (χ0) is 15.3. The first-order chi connectivity index (χ1) is 9.25. The SMILES string of the molecule is CCCNC(C)CC(C)c1ccc(F)c(C(F)(F)F)c1. The lowest BCUT2D eigenvalue weighted by molar-refractivity contribution is -0.140. The van der Waals surface area contributed by atoms with Crippen LogP contribution in [0.25, 0.3) is 0 Å². The highest BCUT2D eigenvalue weighted by Gasteiger charge is 2.34. The van der Waals surface area contributed by atoms with Crippen molar-refractivity contribution in [3.63, 3.8) is 0 Å². The predicted molar refractivity (Wildman–Crippen MR) is 72.2 cm³/mol. The lowest BCUT2D eigenvalue weighted by Crippen LogP contribution is -2.28. The van der Waals surface area contributed by atoms with Crippen LogP contribution in [0.1, 0.15) is 50.7 Å². The minimum atomic E-state index is -4.65. The molecule has 1 N–H and O–H groups in total. The number of nitrogens with one attached hydrogen (secondary N) is 1. The fraction of sp³-hybridized carbons (Fsp3) is 0.600. The van der Waals surface area contributed by atoms with Crippen molar-refractivity contribution in [2.45, 2.75) is 51.7 Å². The van der Waals surface area contributed by atoms with Crippen LogP contribution in [0.15, 0.2) is 18.2 Å². The average molecular weight is 291 g/mol. The molecule has 20 heavy (non-hydrogen) atoms. The van der Waals surface area contributed by atoms with Gasteiger partial charge in [0, 0.05) is 6.04 Å². The molecule has 0 saturated heterocycles. The van der Waals surface area contributed by atoms with Gasteiger partial charge in [-0.25, -0.2) is 4.39 Å². The summed E-state index contributed by atoms with van der Waals surface area (Å²) in [5.41, 5.74) is -0.667. The van der Waals surface area contributed by atoms with Crippen molar-refractivity contribution in [2.24, 2.45) is 0 Å². The highest BCUT2D eigenvalue weighted by atomic mass is 19.4. The third-order valence-corrected chi connectivity index (χ3v) is 3.31. The zero-order valence-corrected chi connectivity index (χ0v) is 12.0. The summed E-state index contributed by atoms with van der Waals surface area (Å²) < 4.78 is 51.2. The standard InChI is InChI=1S/C15H21F4N/c1-4-7-20-11(3)8-10(2)12-5-6-14(16)13(9-12)15(17,18)19/h5-6,9-11,20H,4,7-8H2,1-3H3. The molecule has 5 heteroatoms. The third-order valence-electron chi connectivity index (χ3n) is 3.31. The predicted octanol–water partition coefficient (Wildman–Crippen LogP) is 4.73. The van der Waals surface area contributed by atoms with Gasteiger partial charge in [0.25, 0.3) is 0 Å². The van der Waals surface area contributed by atoms with Gasteiger partial charge < -0.3 is 5.32 Å². The molecule has 0 saturated carbocycles. The van der Waals surface area contributed by atoms with E-state index in [1.807, 2.05) is 13.8 Å². The van der Waals surface area contributed by atoms with Crippen molar-refractivity contribution in [3.8, 4) is 0 Å². The van der Waals surface area contributed by atoms with E-state index >= 15 is 0 Å². The van der Waals surface area contributed by atoms with E-state index in [0.717, 1.165) is 25.1 Å². The van der Waals surface area contributed by atoms with Gasteiger partial charge in [-0.1, -0.05) is 19.9 Å². The van der Waals surface area contributed by atoms with Crippen molar-refractivity contribution in [3.05, 3.63) is 35.1 Å². The van der Waals surface area contributed by atoms with Crippen LogP contribution in [-0.2, 0) is 6.18 Å². The van der Waals surface area contributed by atoms with Gasteiger partial charge in [-0.2, -0.15) is 13.2 Å². The van der Waals surface area contributed by atoms with Crippen LogP contribution in [0.2, 0.25) is 0 Å². The minimum Gasteiger partial charge on any atom is -0.314 e. The first kappa shape index (κ1) is 17.0. The van der Waals surface area contributed by atoms with Crippen LogP contribution in [0.3, 0.4) is 0 Å². The first-order valence-corrected chi connectivity index (χ1v) is 6.85. The number of alkyl halides is 3. The molecule has 0 heterocycles. The molecule has 0 radical (unpaired) electrons. The second kappa shape index (κ2) is 7.07. The number of hydrogen-bond acceptors (Lipinski definition) is 1. The molecule has 2 unspecified atom stereocenters. The molecule has 1 nitrogen and oxygen atoms in total. The number of hydrogen-bond donors (Lipinski definition) is 1. The monoisotopic (exact) mass is 291 g/mol. The van der Waals surface area contributed by atoms with Crippen molar-refractivity contribution in [1.82, 2.24) is 5.32 Å². The van der Waals surface area contributed by atoms with Crippen molar-refractivity contribution in [1.29, 1.82) is 0 Å². The van der Waals surface area contributed by atoms with E-state index in [2.05, 4.69) is 12.2 Å². The van der Waals surface area contributed by atoms with E-state index in [4.69, 9.17) is 0 Å². The summed E-state index contributed by atoms with van der Waals surface area (Å²) in [6, 6.07) is 3.47. The second-order valence-electron chi connectivity index (χ2n) is 5.23. The Bertz CT molecular complexity index is 428. The molecule has 1 aromatic rings. The molecule has 1 aromatic carbocycles. The van der Waals surface area contributed by atoms with Crippen molar-refractivity contribution >= 4 is 0 Å². The van der Waals surface area contributed by atoms with Crippen molar-refractivity contribution < 1.29 is 17.6 Å². The van der Waals surface area contributed by atoms with Gasteiger partial charge >= 0.3 is 6.18 Å². The lowest BCUT2D eigenvalue weighted by atomic mass is 9.93. The highest BCUT2D eigenvalue weighted by Crippen LogP contribution is 2.34. The van der Waals surface area contributed by atoms with Gasteiger partial charge in [-0.15, -0.1) is 0 Å². The van der Waals surface area contributed by atoms with E-state index in [1.54, 1.807) is 0 Å². The summed E-state index contributed by atoms with van der Waals surface area (Å²) >= 11 is 0. The Labute approximate surface area is 117 Å². The quantitative estimate of drug-likeness (QED) is 0.747. The summed E-state index contributed by atoms with van der Waals surface area (Å²) in [6.07, 6.45) is -2.93.